The number of hydrogen-bond donors (Lipinski definition) is 0. The van der Waals surface area contributed by atoms with Crippen LogP contribution in [0.4, 0.5) is 0 Å². The minimum absolute atomic E-state index is 0.179. The highest BCUT2D eigenvalue weighted by molar-refractivity contribution is 5.95. The zero-order valence-corrected chi connectivity index (χ0v) is 15.2. The fourth-order valence-corrected chi connectivity index (χ4v) is 2.89. The molecule has 0 N–H and O–H groups in total. The molecule has 2 aromatic rings. The second-order valence-electron chi connectivity index (χ2n) is 6.14. The predicted octanol–water partition coefficient (Wildman–Crippen LogP) is 3.32. The molecule has 0 radical (unpaired) electrons. The number of carbonyl (C=O) groups excluding carboxylic acids is 1. The van der Waals surface area contributed by atoms with Crippen molar-refractivity contribution in [2.45, 2.75) is 32.5 Å². The molecule has 1 saturated heterocycles. The lowest BCUT2D eigenvalue weighted by Crippen LogP contribution is -2.24. The van der Waals surface area contributed by atoms with E-state index in [0.29, 0.717) is 6.61 Å². The van der Waals surface area contributed by atoms with Crippen LogP contribution >= 0.6 is 0 Å². The summed E-state index contributed by atoms with van der Waals surface area (Å²) < 4.78 is 18.4. The zero-order valence-electron chi connectivity index (χ0n) is 15.2. The van der Waals surface area contributed by atoms with E-state index in [2.05, 4.69) is 4.98 Å². The number of ether oxygens (including phenoxy) is 3. The average molecular weight is 356 g/mol. The lowest BCUT2D eigenvalue weighted by atomic mass is 10.0. The number of imidazole rings is 1. The fraction of sp³-hybridized carbons (Fsp3) is 0.400. The Labute approximate surface area is 153 Å². The monoisotopic (exact) mass is 356 g/mol. The third-order valence-electron chi connectivity index (χ3n) is 4.21. The molecule has 1 aromatic carbocycles. The van der Waals surface area contributed by atoms with Crippen molar-refractivity contribution in [2.24, 2.45) is 7.05 Å². The van der Waals surface area contributed by atoms with Gasteiger partial charge in [0.15, 0.2) is 6.29 Å². The van der Waals surface area contributed by atoms with E-state index in [1.54, 1.807) is 19.4 Å². The third kappa shape index (κ3) is 4.52. The summed E-state index contributed by atoms with van der Waals surface area (Å²) in [4.78, 5) is 16.1. The molecule has 1 fully saturated rings. The van der Waals surface area contributed by atoms with E-state index in [1.165, 1.54) is 6.08 Å². The first kappa shape index (κ1) is 18.2. The molecule has 138 valence electrons. The van der Waals surface area contributed by atoms with Crippen molar-refractivity contribution in [1.82, 2.24) is 9.55 Å². The zero-order chi connectivity index (χ0) is 18.4. The van der Waals surface area contributed by atoms with Crippen LogP contribution in [0.2, 0.25) is 0 Å². The summed E-state index contributed by atoms with van der Waals surface area (Å²) in [5, 5.41) is 0. The van der Waals surface area contributed by atoms with Crippen molar-refractivity contribution >= 4 is 11.5 Å². The van der Waals surface area contributed by atoms with Gasteiger partial charge in [-0.25, -0.2) is 9.78 Å². The molecule has 0 saturated carbocycles. The van der Waals surface area contributed by atoms with Gasteiger partial charge in [-0.15, -0.1) is 0 Å². The molecule has 2 heterocycles. The van der Waals surface area contributed by atoms with Gasteiger partial charge in [-0.3, -0.25) is 0 Å². The first-order valence-corrected chi connectivity index (χ1v) is 8.91. The topological polar surface area (TPSA) is 62.6 Å². The predicted molar refractivity (Wildman–Crippen MR) is 97.6 cm³/mol. The average Bonchev–Trinajstić information content (AvgIpc) is 3.07. The molecule has 1 aliphatic rings. The van der Waals surface area contributed by atoms with E-state index >= 15 is 0 Å². The summed E-state index contributed by atoms with van der Waals surface area (Å²) >= 11 is 0. The number of benzene rings is 1. The van der Waals surface area contributed by atoms with Crippen LogP contribution in [0, 0.1) is 0 Å². The van der Waals surface area contributed by atoms with E-state index in [1.807, 2.05) is 35.9 Å². The Bertz CT molecular complexity index is 758. The molecule has 3 rings (SSSR count). The van der Waals surface area contributed by atoms with Crippen molar-refractivity contribution in [3.05, 3.63) is 54.1 Å². The second-order valence-corrected chi connectivity index (χ2v) is 6.14. The van der Waals surface area contributed by atoms with Gasteiger partial charge in [0, 0.05) is 25.1 Å². The number of carbonyl (C=O) groups is 1. The maximum absolute atomic E-state index is 12.0. The van der Waals surface area contributed by atoms with Gasteiger partial charge in [-0.2, -0.15) is 0 Å². The third-order valence-corrected chi connectivity index (χ3v) is 4.21. The summed E-state index contributed by atoms with van der Waals surface area (Å²) in [6.45, 7) is 2.87. The van der Waals surface area contributed by atoms with Crippen LogP contribution in [-0.4, -0.2) is 35.0 Å². The van der Waals surface area contributed by atoms with Gasteiger partial charge in [-0.1, -0.05) is 12.1 Å². The SMILES string of the molecule is CCOC(=O)C=C(c1ccc(OC2CCCCO2)cc1)c1cncn1C. The maximum Gasteiger partial charge on any atom is 0.331 e. The molecule has 1 atom stereocenters. The highest BCUT2D eigenvalue weighted by Crippen LogP contribution is 2.26. The van der Waals surface area contributed by atoms with Gasteiger partial charge >= 0.3 is 5.97 Å². The molecule has 26 heavy (non-hydrogen) atoms. The van der Waals surface area contributed by atoms with Crippen LogP contribution in [0.3, 0.4) is 0 Å². The standard InChI is InChI=1S/C20H24N2O4/c1-3-24-19(23)12-17(18-13-21-14-22(18)2)15-7-9-16(10-8-15)26-20-6-4-5-11-25-20/h7-10,12-14,20H,3-6,11H2,1-2H3. The van der Waals surface area contributed by atoms with Crippen molar-refractivity contribution in [3.63, 3.8) is 0 Å². The highest BCUT2D eigenvalue weighted by atomic mass is 16.7. The van der Waals surface area contributed by atoms with Crippen LogP contribution in [0.5, 0.6) is 5.75 Å². The Kier molecular flexibility index (Phi) is 6.07. The molecule has 0 amide bonds. The van der Waals surface area contributed by atoms with Gasteiger partial charge in [0.05, 0.1) is 31.4 Å². The van der Waals surface area contributed by atoms with Gasteiger partial charge in [0.25, 0.3) is 0 Å². The van der Waals surface area contributed by atoms with Crippen molar-refractivity contribution in [3.8, 4) is 5.75 Å². The summed E-state index contributed by atoms with van der Waals surface area (Å²) in [5.41, 5.74) is 2.48. The highest BCUT2D eigenvalue weighted by Gasteiger charge is 2.16. The number of nitrogens with zero attached hydrogens (tertiary/aromatic N) is 2. The minimum Gasteiger partial charge on any atom is -0.465 e. The fourth-order valence-electron chi connectivity index (χ4n) is 2.89. The minimum atomic E-state index is -0.375. The Hall–Kier alpha value is -2.60. The van der Waals surface area contributed by atoms with Gasteiger partial charge in [-0.05, 0) is 37.5 Å². The van der Waals surface area contributed by atoms with Gasteiger partial charge in [0.2, 0.25) is 0 Å². The Morgan fingerprint density at radius 1 is 1.35 bits per heavy atom. The van der Waals surface area contributed by atoms with Crippen LogP contribution in [0.15, 0.2) is 42.9 Å². The first-order valence-electron chi connectivity index (χ1n) is 8.91. The number of hydrogen-bond acceptors (Lipinski definition) is 5. The second kappa shape index (κ2) is 8.67. The summed E-state index contributed by atoms with van der Waals surface area (Å²) in [7, 11) is 1.89. The first-order chi connectivity index (χ1) is 12.7. The molecular formula is C20H24N2O4. The largest absolute Gasteiger partial charge is 0.465 e. The van der Waals surface area contributed by atoms with E-state index in [-0.39, 0.29) is 12.3 Å². The van der Waals surface area contributed by atoms with E-state index in [9.17, 15) is 4.79 Å². The van der Waals surface area contributed by atoms with E-state index in [0.717, 1.165) is 48.4 Å². The summed E-state index contributed by atoms with van der Waals surface area (Å²) in [6.07, 6.45) is 7.87. The van der Waals surface area contributed by atoms with Crippen LogP contribution in [-0.2, 0) is 21.3 Å². The molecular weight excluding hydrogens is 332 g/mol. The van der Waals surface area contributed by atoms with Gasteiger partial charge in [0.1, 0.15) is 5.75 Å². The normalized spacial score (nSPS) is 17.8. The van der Waals surface area contributed by atoms with E-state index in [4.69, 9.17) is 14.2 Å². The molecule has 1 unspecified atom stereocenters. The van der Waals surface area contributed by atoms with Crippen molar-refractivity contribution in [2.75, 3.05) is 13.2 Å². The molecule has 0 spiro atoms. The van der Waals surface area contributed by atoms with Crippen molar-refractivity contribution < 1.29 is 19.0 Å². The maximum atomic E-state index is 12.0. The number of aryl methyl sites for hydroxylation is 1. The number of esters is 1. The van der Waals surface area contributed by atoms with Crippen LogP contribution < -0.4 is 4.74 Å². The lowest BCUT2D eigenvalue weighted by Gasteiger charge is -2.23. The summed E-state index contributed by atoms with van der Waals surface area (Å²) in [5.74, 6) is 0.376. The Balaban J connectivity index is 1.82. The Morgan fingerprint density at radius 2 is 2.15 bits per heavy atom. The van der Waals surface area contributed by atoms with E-state index < -0.39 is 0 Å². The molecule has 6 heteroatoms. The van der Waals surface area contributed by atoms with Gasteiger partial charge < -0.3 is 18.8 Å². The number of aromatic nitrogens is 2. The molecule has 0 aliphatic carbocycles. The Morgan fingerprint density at radius 3 is 2.77 bits per heavy atom. The van der Waals surface area contributed by atoms with Crippen LogP contribution in [0.1, 0.15) is 37.4 Å². The number of rotatable bonds is 6. The molecule has 1 aliphatic heterocycles. The molecule has 6 nitrogen and oxygen atoms in total. The lowest BCUT2D eigenvalue weighted by molar-refractivity contribution is -0.137. The van der Waals surface area contributed by atoms with Crippen LogP contribution in [0.25, 0.3) is 5.57 Å². The summed E-state index contributed by atoms with van der Waals surface area (Å²) in [6, 6.07) is 7.64. The smallest absolute Gasteiger partial charge is 0.331 e. The quantitative estimate of drug-likeness (QED) is 0.587. The van der Waals surface area contributed by atoms with Crippen molar-refractivity contribution in [1.29, 1.82) is 0 Å². The molecule has 1 aromatic heterocycles. The molecule has 0 bridgehead atoms.